The van der Waals surface area contributed by atoms with Crippen molar-refractivity contribution in [3.63, 3.8) is 0 Å². The normalized spacial score (nSPS) is 17.8. The molecule has 1 aliphatic rings. The number of anilines is 2. The van der Waals surface area contributed by atoms with Gasteiger partial charge in [0, 0.05) is 18.5 Å². The minimum atomic E-state index is -3.84. The van der Waals surface area contributed by atoms with E-state index >= 15 is 0 Å². The van der Waals surface area contributed by atoms with E-state index < -0.39 is 21.9 Å². The van der Waals surface area contributed by atoms with Gasteiger partial charge in [-0.3, -0.25) is 0 Å². The molecule has 7 nitrogen and oxygen atoms in total. The lowest BCUT2D eigenvalue weighted by Crippen LogP contribution is -2.42. The number of rotatable bonds is 5. The van der Waals surface area contributed by atoms with Crippen LogP contribution in [0.2, 0.25) is 0 Å². The number of pyridine rings is 1. The predicted octanol–water partition coefficient (Wildman–Crippen LogP) is 3.80. The highest BCUT2D eigenvalue weighted by Gasteiger charge is 2.32. The van der Waals surface area contributed by atoms with E-state index in [1.54, 1.807) is 13.0 Å². The Morgan fingerprint density at radius 2 is 2.07 bits per heavy atom. The summed E-state index contributed by atoms with van der Waals surface area (Å²) in [6.45, 7) is 4.03. The fourth-order valence-corrected chi connectivity index (χ4v) is 5.26. The zero-order valence-corrected chi connectivity index (χ0v) is 18.1. The van der Waals surface area contributed by atoms with Crippen LogP contribution in [0.4, 0.5) is 15.3 Å². The minimum Gasteiger partial charge on any atom is -0.369 e. The number of thiazole rings is 1. The number of benzene rings is 1. The summed E-state index contributed by atoms with van der Waals surface area (Å²) in [5.41, 5.74) is 1.93. The second-order valence-electron chi connectivity index (χ2n) is 7.00. The van der Waals surface area contributed by atoms with Crippen molar-refractivity contribution in [1.82, 2.24) is 14.3 Å². The van der Waals surface area contributed by atoms with Crippen molar-refractivity contribution in [3.8, 4) is 0 Å². The molecule has 0 bridgehead atoms. The number of nitrogens with zero attached hydrogens (tertiary/aromatic N) is 3. The average molecular weight is 449 g/mol. The van der Waals surface area contributed by atoms with E-state index in [0.29, 0.717) is 17.1 Å². The Morgan fingerprint density at radius 3 is 2.80 bits per heavy atom. The quantitative estimate of drug-likeness (QED) is 0.639. The number of aryl methyl sites for hydroxylation is 2. The first-order chi connectivity index (χ1) is 14.3. The largest absolute Gasteiger partial charge is 0.369 e. The van der Waals surface area contributed by atoms with Crippen LogP contribution in [0.25, 0.3) is 0 Å². The van der Waals surface area contributed by atoms with Crippen LogP contribution in [-0.4, -0.2) is 42.4 Å². The molecule has 30 heavy (non-hydrogen) atoms. The number of sulfonamides is 1. The molecule has 1 fully saturated rings. The van der Waals surface area contributed by atoms with Crippen molar-refractivity contribution in [2.75, 3.05) is 25.0 Å². The van der Waals surface area contributed by atoms with Gasteiger partial charge in [0.15, 0.2) is 5.13 Å². The van der Waals surface area contributed by atoms with Crippen molar-refractivity contribution < 1.29 is 17.5 Å². The molecule has 2 aromatic heterocycles. The molecule has 0 unspecified atom stereocenters. The molecule has 0 saturated carbocycles. The van der Waals surface area contributed by atoms with Crippen LogP contribution in [0.5, 0.6) is 0 Å². The van der Waals surface area contributed by atoms with Crippen molar-refractivity contribution in [2.24, 2.45) is 0 Å². The number of nitrogens with one attached hydrogen (secondary N) is 1. The topological polar surface area (TPSA) is 84.4 Å². The molecule has 1 saturated heterocycles. The second kappa shape index (κ2) is 8.38. The molecular formula is C20H21FN4O3S2. The highest BCUT2D eigenvalue weighted by atomic mass is 32.2. The summed E-state index contributed by atoms with van der Waals surface area (Å²) in [5, 5.41) is 5.82. The summed E-state index contributed by atoms with van der Waals surface area (Å²) < 4.78 is 47.0. The number of halogens is 1. The Balaban J connectivity index is 1.53. The van der Waals surface area contributed by atoms with Gasteiger partial charge < -0.3 is 10.1 Å². The summed E-state index contributed by atoms with van der Waals surface area (Å²) in [6.07, 6.45) is -0.524. The van der Waals surface area contributed by atoms with Crippen molar-refractivity contribution in [2.45, 2.75) is 24.8 Å². The second-order valence-corrected chi connectivity index (χ2v) is 9.80. The van der Waals surface area contributed by atoms with Crippen LogP contribution < -0.4 is 5.32 Å². The SMILES string of the molecule is Cc1csc(Nc2cccc([C@@H]3CN(S(=O)(=O)c4ccc(C)c(F)c4)CCO3)n2)n1. The Labute approximate surface area is 178 Å². The fraction of sp³-hybridized carbons (Fsp3) is 0.300. The van der Waals surface area contributed by atoms with Crippen molar-refractivity contribution in [3.05, 3.63) is 64.5 Å². The Morgan fingerprint density at radius 1 is 1.23 bits per heavy atom. The van der Waals surface area contributed by atoms with Crippen LogP contribution in [0.1, 0.15) is 23.1 Å². The lowest BCUT2D eigenvalue weighted by atomic mass is 10.2. The van der Waals surface area contributed by atoms with Gasteiger partial charge in [-0.15, -0.1) is 11.3 Å². The van der Waals surface area contributed by atoms with Gasteiger partial charge in [0.25, 0.3) is 0 Å². The first-order valence-electron chi connectivity index (χ1n) is 9.37. The number of aromatic nitrogens is 2. The van der Waals surface area contributed by atoms with Crippen LogP contribution in [0.3, 0.4) is 0 Å². The maximum absolute atomic E-state index is 13.9. The molecule has 0 radical (unpaired) electrons. The minimum absolute atomic E-state index is 0.0613. The lowest BCUT2D eigenvalue weighted by molar-refractivity contribution is -0.00486. The monoisotopic (exact) mass is 448 g/mol. The van der Waals surface area contributed by atoms with Gasteiger partial charge in [-0.1, -0.05) is 12.1 Å². The van der Waals surface area contributed by atoms with Crippen molar-refractivity contribution in [1.29, 1.82) is 0 Å². The third-order valence-electron chi connectivity index (χ3n) is 4.76. The molecule has 10 heteroatoms. The van der Waals surface area contributed by atoms with Gasteiger partial charge in [-0.25, -0.2) is 22.8 Å². The van der Waals surface area contributed by atoms with Gasteiger partial charge in [0.1, 0.15) is 17.7 Å². The third kappa shape index (κ3) is 4.36. The highest BCUT2D eigenvalue weighted by molar-refractivity contribution is 7.89. The Kier molecular flexibility index (Phi) is 5.83. The van der Waals surface area contributed by atoms with Gasteiger partial charge in [-0.05, 0) is 43.7 Å². The zero-order chi connectivity index (χ0) is 21.3. The fourth-order valence-electron chi connectivity index (χ4n) is 3.13. The maximum Gasteiger partial charge on any atom is 0.243 e. The molecule has 4 rings (SSSR count). The number of morpholine rings is 1. The highest BCUT2D eigenvalue weighted by Crippen LogP contribution is 2.28. The summed E-state index contributed by atoms with van der Waals surface area (Å²) in [4.78, 5) is 8.86. The van der Waals surface area contributed by atoms with Crippen LogP contribution in [0, 0.1) is 19.7 Å². The first-order valence-corrected chi connectivity index (χ1v) is 11.7. The lowest BCUT2D eigenvalue weighted by Gasteiger charge is -2.32. The van der Waals surface area contributed by atoms with E-state index in [2.05, 4.69) is 15.3 Å². The van der Waals surface area contributed by atoms with Gasteiger partial charge in [0.05, 0.1) is 22.9 Å². The molecule has 0 aliphatic carbocycles. The van der Waals surface area contributed by atoms with Crippen LogP contribution in [0.15, 0.2) is 46.7 Å². The van der Waals surface area contributed by atoms with Crippen LogP contribution in [-0.2, 0) is 14.8 Å². The molecule has 1 atom stereocenters. The predicted molar refractivity (Wildman–Crippen MR) is 113 cm³/mol. The van der Waals surface area contributed by atoms with E-state index in [1.807, 2.05) is 24.4 Å². The average Bonchev–Trinajstić information content (AvgIpc) is 3.15. The molecule has 158 valence electrons. The van der Waals surface area contributed by atoms with Gasteiger partial charge >= 0.3 is 0 Å². The molecule has 0 spiro atoms. The molecule has 3 aromatic rings. The molecule has 3 heterocycles. The summed E-state index contributed by atoms with van der Waals surface area (Å²) in [5.74, 6) is 0.0600. The summed E-state index contributed by atoms with van der Waals surface area (Å²) >= 11 is 1.48. The zero-order valence-electron chi connectivity index (χ0n) is 16.5. The molecular weight excluding hydrogens is 427 g/mol. The van der Waals surface area contributed by atoms with Gasteiger partial charge in [-0.2, -0.15) is 4.31 Å². The standard InChI is InChI=1S/C20H21FN4O3S2/c1-13-6-7-15(10-16(13)21)30(26,27)25-8-9-28-18(11-25)17-4-3-5-19(23-17)24-20-22-14(2)12-29-20/h3-7,10,12,18H,8-9,11H2,1-2H3,(H,22,23,24)/t18-/m0/s1. The van der Waals surface area contributed by atoms with Crippen LogP contribution >= 0.6 is 11.3 Å². The van der Waals surface area contributed by atoms with E-state index in [0.717, 1.165) is 16.9 Å². The number of hydrogen-bond acceptors (Lipinski definition) is 7. The maximum atomic E-state index is 13.9. The summed E-state index contributed by atoms with van der Waals surface area (Å²) in [7, 11) is -3.84. The molecule has 0 amide bonds. The Hall–Kier alpha value is -2.40. The number of hydrogen-bond donors (Lipinski definition) is 1. The first kappa shape index (κ1) is 20.9. The van der Waals surface area contributed by atoms with Gasteiger partial charge in [0.2, 0.25) is 10.0 Å². The molecule has 1 aliphatic heterocycles. The van der Waals surface area contributed by atoms with E-state index in [4.69, 9.17) is 4.74 Å². The van der Waals surface area contributed by atoms with E-state index in [-0.39, 0.29) is 24.6 Å². The third-order valence-corrected chi connectivity index (χ3v) is 7.50. The van der Waals surface area contributed by atoms with E-state index in [9.17, 15) is 12.8 Å². The molecule has 1 aromatic carbocycles. The Bertz CT molecular complexity index is 1170. The van der Waals surface area contributed by atoms with Crippen molar-refractivity contribution >= 4 is 32.3 Å². The number of ether oxygens (including phenoxy) is 1. The molecule has 1 N–H and O–H groups in total. The summed E-state index contributed by atoms with van der Waals surface area (Å²) in [6, 6.07) is 9.40. The van der Waals surface area contributed by atoms with E-state index in [1.165, 1.54) is 27.8 Å². The smallest absolute Gasteiger partial charge is 0.243 e.